The minimum atomic E-state index is -1.28. The van der Waals surface area contributed by atoms with Crippen LogP contribution in [-0.2, 0) is 28.6 Å². The van der Waals surface area contributed by atoms with Crippen LogP contribution in [0.1, 0.15) is 57.8 Å². The van der Waals surface area contributed by atoms with E-state index in [1.54, 1.807) is 4.90 Å². The maximum absolute atomic E-state index is 16.8. The zero-order valence-electron chi connectivity index (χ0n) is 30.2. The summed E-state index contributed by atoms with van der Waals surface area (Å²) in [6.45, 7) is 7.83. The third kappa shape index (κ3) is 6.45. The van der Waals surface area contributed by atoms with E-state index < -0.39 is 24.2 Å². The Bertz CT molecular complexity index is 1370. The number of fused-ring (bicyclic) bond motifs is 5. The Balaban J connectivity index is 0.946. The second kappa shape index (κ2) is 14.2. The summed E-state index contributed by atoms with van der Waals surface area (Å²) in [5, 5.41) is 3.26. The number of ether oxygens (including phenoxy) is 3. The van der Waals surface area contributed by atoms with Crippen LogP contribution in [0.5, 0.6) is 0 Å². The van der Waals surface area contributed by atoms with Gasteiger partial charge in [-0.3, -0.25) is 19.3 Å². The van der Waals surface area contributed by atoms with E-state index >= 15 is 4.39 Å². The normalized spacial score (nSPS) is 43.2. The highest BCUT2D eigenvalue weighted by molar-refractivity contribution is 6.20. The van der Waals surface area contributed by atoms with Crippen LogP contribution in [0.2, 0.25) is 0 Å². The van der Waals surface area contributed by atoms with Crippen LogP contribution in [-0.4, -0.2) is 176 Å². The van der Waals surface area contributed by atoms with Gasteiger partial charge in [0.05, 0.1) is 61.3 Å². The molecule has 9 aliphatic rings. The lowest BCUT2D eigenvalue weighted by Crippen LogP contribution is -2.73. The predicted molar refractivity (Wildman–Crippen MR) is 185 cm³/mol. The molecule has 3 aliphatic carbocycles. The van der Waals surface area contributed by atoms with Crippen molar-refractivity contribution in [2.24, 2.45) is 17.8 Å². The molecular weight excluding hydrogens is 655 g/mol. The molecule has 5 saturated heterocycles. The molecule has 8 fully saturated rings. The number of hydrogen-bond donors (Lipinski definition) is 1. The SMILES string of the molecule is CN1CCN(CCC(=O)N[C@@H]2CCN(C3C(F)CC4C(=O)C(C(=O)N5CCOCC5)=CN5C6CC7OC8CCCCC8C7CC6OC3C45)C2)CC1. The minimum absolute atomic E-state index is 0.0292. The van der Waals surface area contributed by atoms with E-state index in [4.69, 9.17) is 14.2 Å². The van der Waals surface area contributed by atoms with Crippen molar-refractivity contribution in [2.45, 2.75) is 113 Å². The topological polar surface area (TPSA) is 107 Å². The van der Waals surface area contributed by atoms with Crippen LogP contribution in [0.15, 0.2) is 11.8 Å². The molecule has 0 bridgehead atoms. The van der Waals surface area contributed by atoms with Crippen molar-refractivity contribution in [3.05, 3.63) is 11.8 Å². The van der Waals surface area contributed by atoms with Crippen molar-refractivity contribution in [1.82, 2.24) is 29.8 Å². The third-order valence-corrected chi connectivity index (χ3v) is 14.2. The number of morpholine rings is 2. The molecular formula is C38H57FN6O6. The first-order valence-corrected chi connectivity index (χ1v) is 20.1. The summed E-state index contributed by atoms with van der Waals surface area (Å²) in [6.07, 6.45) is 8.13. The van der Waals surface area contributed by atoms with Gasteiger partial charge in [-0.05, 0) is 57.4 Å². The number of hydrogen-bond acceptors (Lipinski definition) is 10. The lowest BCUT2D eigenvalue weighted by Gasteiger charge is -2.61. The Morgan fingerprint density at radius 2 is 1.69 bits per heavy atom. The lowest BCUT2D eigenvalue weighted by molar-refractivity contribution is -0.220. The molecule has 9 rings (SSSR count). The fraction of sp³-hybridized carbons (Fsp3) is 0.868. The quantitative estimate of drug-likeness (QED) is 0.402. The van der Waals surface area contributed by atoms with Crippen molar-refractivity contribution in [3.63, 3.8) is 0 Å². The van der Waals surface area contributed by atoms with Gasteiger partial charge in [0.25, 0.3) is 5.91 Å². The maximum atomic E-state index is 16.8. The first-order chi connectivity index (χ1) is 24.8. The molecule has 3 saturated carbocycles. The Labute approximate surface area is 301 Å². The molecule has 12 atom stereocenters. The highest BCUT2D eigenvalue weighted by Gasteiger charge is 2.62. The van der Waals surface area contributed by atoms with E-state index in [2.05, 4.69) is 32.0 Å². The Morgan fingerprint density at radius 3 is 2.51 bits per heavy atom. The van der Waals surface area contributed by atoms with Gasteiger partial charge in [0.1, 0.15) is 6.17 Å². The number of nitrogens with zero attached hydrogens (tertiary/aromatic N) is 5. The minimum Gasteiger partial charge on any atom is -0.378 e. The number of ketones is 1. The lowest BCUT2D eigenvalue weighted by atomic mass is 9.67. The number of likely N-dealkylation sites (N-methyl/N-ethyl adjacent to an activating group) is 1. The van der Waals surface area contributed by atoms with Gasteiger partial charge in [-0.15, -0.1) is 0 Å². The maximum Gasteiger partial charge on any atom is 0.259 e. The van der Waals surface area contributed by atoms with E-state index in [0.717, 1.165) is 58.4 Å². The van der Waals surface area contributed by atoms with Crippen LogP contribution < -0.4 is 5.32 Å². The number of halogens is 1. The number of alkyl halides is 1. The van der Waals surface area contributed by atoms with Crippen molar-refractivity contribution >= 4 is 17.6 Å². The van der Waals surface area contributed by atoms with Gasteiger partial charge >= 0.3 is 0 Å². The highest BCUT2D eigenvalue weighted by Crippen LogP contribution is 2.53. The number of carbonyl (C=O) groups is 3. The molecule has 0 aromatic rings. The van der Waals surface area contributed by atoms with Gasteiger partial charge in [0.2, 0.25) is 5.91 Å². The summed E-state index contributed by atoms with van der Waals surface area (Å²) in [4.78, 5) is 52.0. The van der Waals surface area contributed by atoms with Crippen molar-refractivity contribution < 1.29 is 33.0 Å². The van der Waals surface area contributed by atoms with E-state index in [1.807, 2.05) is 6.20 Å². The first-order valence-electron chi connectivity index (χ1n) is 20.1. The second-order valence-electron chi connectivity index (χ2n) is 17.0. The molecule has 13 heteroatoms. The van der Waals surface area contributed by atoms with Gasteiger partial charge in [0.15, 0.2) is 5.78 Å². The van der Waals surface area contributed by atoms with Crippen molar-refractivity contribution in [3.8, 4) is 0 Å². The van der Waals surface area contributed by atoms with Crippen LogP contribution >= 0.6 is 0 Å². The molecule has 11 unspecified atom stereocenters. The molecule has 0 aromatic heterocycles. The van der Waals surface area contributed by atoms with Crippen molar-refractivity contribution in [1.29, 1.82) is 0 Å². The number of Topliss-reactive ketones (excluding diaryl/α,β-unsaturated/α-hetero) is 1. The Kier molecular flexibility index (Phi) is 9.66. The predicted octanol–water partition coefficient (Wildman–Crippen LogP) is 1.04. The van der Waals surface area contributed by atoms with E-state index in [-0.39, 0.29) is 59.9 Å². The number of piperazine rings is 1. The second-order valence-corrected chi connectivity index (χ2v) is 17.0. The number of carbonyl (C=O) groups excluding carboxylic acids is 3. The molecule has 2 amide bonds. The molecule has 6 heterocycles. The number of likely N-dealkylation sites (tertiary alicyclic amines) is 1. The zero-order valence-corrected chi connectivity index (χ0v) is 30.2. The summed E-state index contributed by atoms with van der Waals surface area (Å²) < 4.78 is 36.1. The van der Waals surface area contributed by atoms with Gasteiger partial charge < -0.3 is 39.1 Å². The van der Waals surface area contributed by atoms with Crippen LogP contribution in [0.4, 0.5) is 4.39 Å². The standard InChI is InChI=1S/C38H57FN6O6/c1-41-10-12-42(13-11-41)8-7-33(46)40-23-6-9-44(21-23)35-28(39)18-26-34-37(35)51-32-19-25-24-4-2-3-5-30(24)50-31(25)20-29(32)45(34)22-27(36(26)47)38(48)43-14-16-49-17-15-43/h22-26,28-32,34-35,37H,2-21H2,1H3,(H,40,46)/t23-,24?,25?,26?,28?,29?,30?,31?,32?,34?,35?,37?/m1/s1. The average molecular weight is 713 g/mol. The van der Waals surface area contributed by atoms with E-state index in [0.29, 0.717) is 63.8 Å². The highest BCUT2D eigenvalue weighted by atomic mass is 19.1. The third-order valence-electron chi connectivity index (χ3n) is 14.2. The molecule has 282 valence electrons. The van der Waals surface area contributed by atoms with E-state index in [9.17, 15) is 14.4 Å². The van der Waals surface area contributed by atoms with Gasteiger partial charge in [-0.25, -0.2) is 4.39 Å². The van der Waals surface area contributed by atoms with Crippen LogP contribution in [0, 0.1) is 17.8 Å². The van der Waals surface area contributed by atoms with Gasteiger partial charge in [-0.1, -0.05) is 12.8 Å². The summed E-state index contributed by atoms with van der Waals surface area (Å²) in [5.41, 5.74) is 0.187. The molecule has 0 aromatic carbocycles. The summed E-state index contributed by atoms with van der Waals surface area (Å²) in [6, 6.07) is -0.921. The monoisotopic (exact) mass is 712 g/mol. The molecule has 12 nitrogen and oxygen atoms in total. The smallest absolute Gasteiger partial charge is 0.259 e. The van der Waals surface area contributed by atoms with Gasteiger partial charge in [0, 0.05) is 83.5 Å². The van der Waals surface area contributed by atoms with E-state index in [1.165, 1.54) is 19.3 Å². The zero-order chi connectivity index (χ0) is 34.8. The fourth-order valence-electron chi connectivity index (χ4n) is 11.5. The summed E-state index contributed by atoms with van der Waals surface area (Å²) in [7, 11) is 2.13. The first kappa shape index (κ1) is 34.6. The molecule has 1 N–H and O–H groups in total. The van der Waals surface area contributed by atoms with Gasteiger partial charge in [-0.2, -0.15) is 0 Å². The number of nitrogens with one attached hydrogen (secondary N) is 1. The Hall–Kier alpha value is -2.16. The molecule has 0 radical (unpaired) electrons. The number of amides is 2. The fourth-order valence-corrected chi connectivity index (χ4v) is 11.5. The molecule has 51 heavy (non-hydrogen) atoms. The van der Waals surface area contributed by atoms with Crippen LogP contribution in [0.3, 0.4) is 0 Å². The Morgan fingerprint density at radius 1 is 0.882 bits per heavy atom. The molecule has 0 spiro atoms. The number of rotatable bonds is 6. The van der Waals surface area contributed by atoms with Crippen molar-refractivity contribution in [2.75, 3.05) is 79.2 Å². The summed E-state index contributed by atoms with van der Waals surface area (Å²) >= 11 is 0. The molecule has 6 aliphatic heterocycles. The summed E-state index contributed by atoms with van der Waals surface area (Å²) in [5.74, 6) is -0.128. The average Bonchev–Trinajstić information content (AvgIpc) is 3.75. The largest absolute Gasteiger partial charge is 0.378 e. The van der Waals surface area contributed by atoms with Crippen LogP contribution in [0.25, 0.3) is 0 Å².